The number of amides is 3. The third-order valence-electron chi connectivity index (χ3n) is 4.83. The van der Waals surface area contributed by atoms with Gasteiger partial charge < -0.3 is 20.0 Å². The Balaban J connectivity index is 1.39. The molecule has 3 rings (SSSR count). The Labute approximate surface area is 153 Å². The van der Waals surface area contributed by atoms with E-state index in [-0.39, 0.29) is 11.9 Å². The molecule has 2 saturated heterocycles. The SMILES string of the molecule is O=C(CCNC(=O)N1CCN(c2ccccc2Cl)CC1)N1CCCC1. The molecule has 7 heteroatoms. The first-order valence-corrected chi connectivity index (χ1v) is 9.33. The molecular weight excluding hydrogens is 340 g/mol. The highest BCUT2D eigenvalue weighted by atomic mass is 35.5. The predicted molar refractivity (Wildman–Crippen MR) is 99.1 cm³/mol. The molecule has 1 N–H and O–H groups in total. The number of rotatable bonds is 4. The van der Waals surface area contributed by atoms with Gasteiger partial charge in [-0.3, -0.25) is 4.79 Å². The minimum Gasteiger partial charge on any atom is -0.367 e. The lowest BCUT2D eigenvalue weighted by molar-refractivity contribution is -0.129. The van der Waals surface area contributed by atoms with Gasteiger partial charge in [-0.15, -0.1) is 0 Å². The van der Waals surface area contributed by atoms with E-state index >= 15 is 0 Å². The number of hydrogen-bond acceptors (Lipinski definition) is 3. The monoisotopic (exact) mass is 364 g/mol. The summed E-state index contributed by atoms with van der Waals surface area (Å²) in [6.45, 7) is 4.93. The Hall–Kier alpha value is -1.95. The predicted octanol–water partition coefficient (Wildman–Crippen LogP) is 2.18. The van der Waals surface area contributed by atoms with Gasteiger partial charge >= 0.3 is 6.03 Å². The van der Waals surface area contributed by atoms with Crippen LogP contribution < -0.4 is 10.2 Å². The topological polar surface area (TPSA) is 55.9 Å². The number of anilines is 1. The summed E-state index contributed by atoms with van der Waals surface area (Å²) >= 11 is 6.24. The molecular formula is C18H25ClN4O2. The van der Waals surface area contributed by atoms with Crippen molar-refractivity contribution in [2.45, 2.75) is 19.3 Å². The number of piperazine rings is 1. The zero-order valence-corrected chi connectivity index (χ0v) is 15.2. The Morgan fingerprint density at radius 2 is 1.64 bits per heavy atom. The molecule has 0 aliphatic carbocycles. The van der Waals surface area contributed by atoms with Crippen LogP contribution in [0.2, 0.25) is 5.02 Å². The second-order valence-corrected chi connectivity index (χ2v) is 6.90. The van der Waals surface area contributed by atoms with Gasteiger partial charge in [0.1, 0.15) is 0 Å². The molecule has 2 aliphatic rings. The lowest BCUT2D eigenvalue weighted by atomic mass is 10.2. The number of urea groups is 1. The summed E-state index contributed by atoms with van der Waals surface area (Å²) in [7, 11) is 0. The fraction of sp³-hybridized carbons (Fsp3) is 0.556. The van der Waals surface area contributed by atoms with Crippen LogP contribution in [0, 0.1) is 0 Å². The van der Waals surface area contributed by atoms with E-state index in [1.165, 1.54) is 0 Å². The summed E-state index contributed by atoms with van der Waals surface area (Å²) < 4.78 is 0. The van der Waals surface area contributed by atoms with Crippen LogP contribution in [0.4, 0.5) is 10.5 Å². The zero-order valence-electron chi connectivity index (χ0n) is 14.4. The van der Waals surface area contributed by atoms with Crippen molar-refractivity contribution in [3.05, 3.63) is 29.3 Å². The molecule has 0 atom stereocenters. The summed E-state index contributed by atoms with van der Waals surface area (Å²) in [4.78, 5) is 30.1. The van der Waals surface area contributed by atoms with E-state index in [2.05, 4.69) is 10.2 Å². The summed E-state index contributed by atoms with van der Waals surface area (Å²) in [5.74, 6) is 0.140. The lowest BCUT2D eigenvalue weighted by Gasteiger charge is -2.36. The largest absolute Gasteiger partial charge is 0.367 e. The number of benzene rings is 1. The van der Waals surface area contributed by atoms with Gasteiger partial charge in [0.15, 0.2) is 0 Å². The number of carbonyl (C=O) groups excluding carboxylic acids is 2. The number of para-hydroxylation sites is 1. The van der Waals surface area contributed by atoms with Crippen molar-refractivity contribution in [2.24, 2.45) is 0 Å². The number of nitrogens with zero attached hydrogens (tertiary/aromatic N) is 3. The van der Waals surface area contributed by atoms with Crippen molar-refractivity contribution in [1.29, 1.82) is 0 Å². The first-order chi connectivity index (χ1) is 12.1. The lowest BCUT2D eigenvalue weighted by Crippen LogP contribution is -2.52. The highest BCUT2D eigenvalue weighted by Gasteiger charge is 2.23. The molecule has 6 nitrogen and oxygen atoms in total. The van der Waals surface area contributed by atoms with Crippen molar-refractivity contribution < 1.29 is 9.59 Å². The number of halogens is 1. The standard InChI is InChI=1S/C18H25ClN4O2/c19-15-5-1-2-6-16(15)21-11-13-23(14-12-21)18(25)20-8-7-17(24)22-9-3-4-10-22/h1-2,5-6H,3-4,7-14H2,(H,20,25). The molecule has 2 aliphatic heterocycles. The van der Waals surface area contributed by atoms with Crippen molar-refractivity contribution >= 4 is 29.2 Å². The molecule has 1 aromatic carbocycles. The molecule has 3 amide bonds. The van der Waals surface area contributed by atoms with Gasteiger partial charge in [0.2, 0.25) is 5.91 Å². The van der Waals surface area contributed by atoms with Crippen LogP contribution in [-0.2, 0) is 4.79 Å². The Kier molecular flexibility index (Phi) is 6.02. The summed E-state index contributed by atoms with van der Waals surface area (Å²) in [6, 6.07) is 7.68. The Bertz CT molecular complexity index is 611. The zero-order chi connectivity index (χ0) is 17.6. The van der Waals surface area contributed by atoms with Crippen molar-refractivity contribution in [3.63, 3.8) is 0 Å². The molecule has 0 saturated carbocycles. The number of hydrogen-bond donors (Lipinski definition) is 1. The van der Waals surface area contributed by atoms with Gasteiger partial charge in [0.25, 0.3) is 0 Å². The molecule has 25 heavy (non-hydrogen) atoms. The molecule has 0 spiro atoms. The van der Waals surface area contributed by atoms with Crippen LogP contribution in [0.5, 0.6) is 0 Å². The average Bonchev–Trinajstić information content (AvgIpc) is 3.17. The van der Waals surface area contributed by atoms with Crippen LogP contribution in [0.15, 0.2) is 24.3 Å². The Morgan fingerprint density at radius 1 is 0.960 bits per heavy atom. The van der Waals surface area contributed by atoms with Crippen LogP contribution >= 0.6 is 11.6 Å². The summed E-state index contributed by atoms with van der Waals surface area (Å²) in [5, 5.41) is 3.60. The second kappa shape index (κ2) is 8.43. The van der Waals surface area contributed by atoms with Gasteiger partial charge in [-0.25, -0.2) is 4.79 Å². The molecule has 2 heterocycles. The highest BCUT2D eigenvalue weighted by molar-refractivity contribution is 6.33. The third-order valence-corrected chi connectivity index (χ3v) is 5.15. The van der Waals surface area contributed by atoms with Crippen LogP contribution in [-0.4, -0.2) is 67.6 Å². The highest BCUT2D eigenvalue weighted by Crippen LogP contribution is 2.25. The first kappa shape index (κ1) is 17.9. The molecule has 1 aromatic rings. The van der Waals surface area contributed by atoms with Gasteiger partial charge in [-0.05, 0) is 25.0 Å². The maximum Gasteiger partial charge on any atom is 0.317 e. The average molecular weight is 365 g/mol. The molecule has 0 aromatic heterocycles. The van der Waals surface area contributed by atoms with Crippen molar-refractivity contribution in [3.8, 4) is 0 Å². The van der Waals surface area contributed by atoms with Gasteiger partial charge in [0, 0.05) is 52.2 Å². The molecule has 136 valence electrons. The summed E-state index contributed by atoms with van der Waals surface area (Å²) in [5.41, 5.74) is 1.01. The van der Waals surface area contributed by atoms with E-state index in [1.54, 1.807) is 4.90 Å². The molecule has 0 bridgehead atoms. The maximum absolute atomic E-state index is 12.3. The normalized spacial score (nSPS) is 17.7. The molecule has 0 unspecified atom stereocenters. The second-order valence-electron chi connectivity index (χ2n) is 6.50. The van der Waals surface area contributed by atoms with Crippen molar-refractivity contribution in [2.75, 3.05) is 50.7 Å². The van der Waals surface area contributed by atoms with E-state index in [0.29, 0.717) is 26.1 Å². The van der Waals surface area contributed by atoms with Crippen LogP contribution in [0.25, 0.3) is 0 Å². The van der Waals surface area contributed by atoms with Crippen LogP contribution in [0.3, 0.4) is 0 Å². The van der Waals surface area contributed by atoms with Crippen molar-refractivity contribution in [1.82, 2.24) is 15.1 Å². The quantitative estimate of drug-likeness (QED) is 0.891. The number of nitrogens with one attached hydrogen (secondary N) is 1. The van der Waals surface area contributed by atoms with Gasteiger partial charge in [-0.2, -0.15) is 0 Å². The first-order valence-electron chi connectivity index (χ1n) is 8.95. The van der Waals surface area contributed by atoms with Crippen LogP contribution in [0.1, 0.15) is 19.3 Å². The van der Waals surface area contributed by atoms with E-state index in [4.69, 9.17) is 11.6 Å². The smallest absolute Gasteiger partial charge is 0.317 e. The summed E-state index contributed by atoms with van der Waals surface area (Å²) in [6.07, 6.45) is 2.56. The van der Waals surface area contributed by atoms with E-state index in [0.717, 1.165) is 49.7 Å². The molecule has 2 fully saturated rings. The van der Waals surface area contributed by atoms with E-state index < -0.39 is 0 Å². The Morgan fingerprint density at radius 3 is 2.32 bits per heavy atom. The minimum atomic E-state index is -0.0898. The minimum absolute atomic E-state index is 0.0898. The molecule has 0 radical (unpaired) electrons. The third kappa shape index (κ3) is 4.57. The van der Waals surface area contributed by atoms with E-state index in [9.17, 15) is 9.59 Å². The fourth-order valence-electron chi connectivity index (χ4n) is 3.37. The van der Waals surface area contributed by atoms with E-state index in [1.807, 2.05) is 29.2 Å². The van der Waals surface area contributed by atoms with Gasteiger partial charge in [0.05, 0.1) is 10.7 Å². The fourth-order valence-corrected chi connectivity index (χ4v) is 3.63. The van der Waals surface area contributed by atoms with Gasteiger partial charge in [-0.1, -0.05) is 23.7 Å². The maximum atomic E-state index is 12.3. The number of likely N-dealkylation sites (tertiary alicyclic amines) is 1. The number of carbonyl (C=O) groups is 2.